The molecule has 0 spiro atoms. The molecule has 24 heavy (non-hydrogen) atoms. The van der Waals surface area contributed by atoms with Crippen molar-refractivity contribution < 1.29 is 14.4 Å². The molecule has 1 aliphatic carbocycles. The smallest absolute Gasteiger partial charge is 0.275 e. The lowest BCUT2D eigenvalue weighted by molar-refractivity contribution is -0.908. The predicted octanol–water partition coefficient (Wildman–Crippen LogP) is 2.01. The normalized spacial score (nSPS) is 28.6. The Balaban J connectivity index is 1.54. The van der Waals surface area contributed by atoms with Gasteiger partial charge in [-0.1, -0.05) is 25.8 Å². The fourth-order valence-electron chi connectivity index (χ4n) is 4.01. The Kier molecular flexibility index (Phi) is 6.69. The maximum Gasteiger partial charge on any atom is 0.275 e. The molecular formula is C19H31N2O2S+. The van der Waals surface area contributed by atoms with Crippen LogP contribution in [-0.2, 0) is 16.1 Å². The quantitative estimate of drug-likeness (QED) is 0.789. The van der Waals surface area contributed by atoms with Crippen molar-refractivity contribution in [2.75, 3.05) is 19.7 Å². The zero-order valence-corrected chi connectivity index (χ0v) is 15.6. The topological polar surface area (TPSA) is 42.8 Å². The molecule has 5 heteroatoms. The summed E-state index contributed by atoms with van der Waals surface area (Å²) >= 11 is 1.78. The van der Waals surface area contributed by atoms with E-state index in [9.17, 15) is 4.79 Å². The van der Waals surface area contributed by atoms with Crippen LogP contribution in [0.25, 0.3) is 0 Å². The van der Waals surface area contributed by atoms with Gasteiger partial charge in [0.15, 0.2) is 6.54 Å². The van der Waals surface area contributed by atoms with Gasteiger partial charge in [0, 0.05) is 12.6 Å². The molecule has 0 radical (unpaired) electrons. The molecule has 4 nitrogen and oxygen atoms in total. The molecule has 1 unspecified atom stereocenters. The van der Waals surface area contributed by atoms with Gasteiger partial charge in [0.05, 0.1) is 4.88 Å². The number of carbonyl (C=O) groups excluding carboxylic acids is 1. The highest BCUT2D eigenvalue weighted by Gasteiger charge is 2.27. The lowest BCUT2D eigenvalue weighted by Gasteiger charge is -2.30. The Morgan fingerprint density at radius 2 is 2.21 bits per heavy atom. The first-order chi connectivity index (χ1) is 11.7. The second-order valence-corrected chi connectivity index (χ2v) is 8.49. The van der Waals surface area contributed by atoms with Crippen molar-refractivity contribution in [3.05, 3.63) is 22.4 Å². The van der Waals surface area contributed by atoms with Crippen molar-refractivity contribution in [1.82, 2.24) is 5.32 Å². The first kappa shape index (κ1) is 17.9. The minimum Gasteiger partial charge on any atom is -0.372 e. The van der Waals surface area contributed by atoms with Gasteiger partial charge >= 0.3 is 0 Å². The molecule has 0 aromatic carbocycles. The summed E-state index contributed by atoms with van der Waals surface area (Å²) in [5.41, 5.74) is 0. The maximum absolute atomic E-state index is 12.6. The second-order valence-electron chi connectivity index (χ2n) is 7.46. The highest BCUT2D eigenvalue weighted by Crippen LogP contribution is 2.23. The van der Waals surface area contributed by atoms with E-state index in [0.29, 0.717) is 24.6 Å². The Morgan fingerprint density at radius 1 is 1.33 bits per heavy atom. The van der Waals surface area contributed by atoms with Gasteiger partial charge in [0.2, 0.25) is 0 Å². The summed E-state index contributed by atoms with van der Waals surface area (Å²) in [7, 11) is 0. The zero-order valence-electron chi connectivity index (χ0n) is 14.8. The number of carbonyl (C=O) groups is 1. The maximum atomic E-state index is 12.6. The first-order valence-electron chi connectivity index (χ1n) is 9.47. The van der Waals surface area contributed by atoms with E-state index in [2.05, 4.69) is 29.8 Å². The fraction of sp³-hybridized carbons (Fsp3) is 0.737. The zero-order chi connectivity index (χ0) is 16.8. The Morgan fingerprint density at radius 3 is 2.92 bits per heavy atom. The molecule has 2 fully saturated rings. The highest BCUT2D eigenvalue weighted by atomic mass is 32.1. The van der Waals surface area contributed by atoms with Gasteiger partial charge < -0.3 is 15.0 Å². The SMILES string of the molecule is C[C@H]1CCCC[C@@H]1NC(=O)C[NH+](Cc1cccs1)C[C@@H]1CCCO1. The van der Waals surface area contributed by atoms with E-state index in [1.54, 1.807) is 11.3 Å². The van der Waals surface area contributed by atoms with Gasteiger partial charge in [-0.05, 0) is 43.0 Å². The highest BCUT2D eigenvalue weighted by molar-refractivity contribution is 7.09. The van der Waals surface area contributed by atoms with Gasteiger partial charge in [0.1, 0.15) is 19.2 Å². The molecule has 2 N–H and O–H groups in total. The number of ether oxygens (including phenoxy) is 1. The lowest BCUT2D eigenvalue weighted by atomic mass is 9.86. The first-order valence-corrected chi connectivity index (χ1v) is 10.4. The monoisotopic (exact) mass is 351 g/mol. The minimum absolute atomic E-state index is 0.207. The average molecular weight is 352 g/mol. The number of rotatable bonds is 7. The average Bonchev–Trinajstić information content (AvgIpc) is 3.23. The molecule has 2 heterocycles. The lowest BCUT2D eigenvalue weighted by Crippen LogP contribution is -3.13. The number of thiophene rings is 1. The van der Waals surface area contributed by atoms with Crippen LogP contribution in [0.1, 0.15) is 50.3 Å². The van der Waals surface area contributed by atoms with Crippen LogP contribution < -0.4 is 10.2 Å². The summed E-state index contributed by atoms with van der Waals surface area (Å²) in [6, 6.07) is 4.63. The van der Waals surface area contributed by atoms with Gasteiger partial charge in [0.25, 0.3) is 5.91 Å². The van der Waals surface area contributed by atoms with Crippen molar-refractivity contribution in [2.24, 2.45) is 5.92 Å². The Bertz CT molecular complexity index is 499. The van der Waals surface area contributed by atoms with Crippen LogP contribution in [0.2, 0.25) is 0 Å². The number of hydrogen-bond acceptors (Lipinski definition) is 3. The van der Waals surface area contributed by atoms with Gasteiger partial charge in [-0.2, -0.15) is 0 Å². The van der Waals surface area contributed by atoms with E-state index < -0.39 is 0 Å². The van der Waals surface area contributed by atoms with Gasteiger partial charge in [-0.25, -0.2) is 0 Å². The van der Waals surface area contributed by atoms with Crippen molar-refractivity contribution in [1.29, 1.82) is 0 Å². The molecule has 134 valence electrons. The summed E-state index contributed by atoms with van der Waals surface area (Å²) in [4.78, 5) is 15.3. The third-order valence-electron chi connectivity index (χ3n) is 5.41. The Labute approximate surface area is 149 Å². The molecule has 2 aliphatic rings. The van der Waals surface area contributed by atoms with Crippen molar-refractivity contribution in [2.45, 2.75) is 64.1 Å². The summed E-state index contributed by atoms with van der Waals surface area (Å²) in [5.74, 6) is 0.819. The predicted molar refractivity (Wildman–Crippen MR) is 97.3 cm³/mol. The van der Waals surface area contributed by atoms with Crippen LogP contribution in [0.5, 0.6) is 0 Å². The third kappa shape index (κ3) is 5.30. The fourth-order valence-corrected chi connectivity index (χ4v) is 4.79. The van der Waals surface area contributed by atoms with Crippen molar-refractivity contribution in [3.8, 4) is 0 Å². The molecule has 1 amide bonds. The summed E-state index contributed by atoms with van der Waals surface area (Å²) in [5, 5.41) is 5.42. The summed E-state index contributed by atoms with van der Waals surface area (Å²) in [6.07, 6.45) is 7.55. The second kappa shape index (κ2) is 8.97. The number of quaternary nitrogens is 1. The van der Waals surface area contributed by atoms with Crippen LogP contribution >= 0.6 is 11.3 Å². The Hall–Kier alpha value is -0.910. The van der Waals surface area contributed by atoms with Gasteiger partial charge in [-0.3, -0.25) is 4.79 Å². The number of hydrogen-bond donors (Lipinski definition) is 2. The number of nitrogens with one attached hydrogen (secondary N) is 2. The molecule has 1 saturated heterocycles. The van der Waals surface area contributed by atoms with Crippen LogP contribution in [0.4, 0.5) is 0 Å². The van der Waals surface area contributed by atoms with Crippen LogP contribution in [0.3, 0.4) is 0 Å². The van der Waals surface area contributed by atoms with E-state index in [0.717, 1.165) is 39.0 Å². The van der Waals surface area contributed by atoms with E-state index in [1.807, 2.05) is 0 Å². The van der Waals surface area contributed by atoms with Crippen LogP contribution in [0, 0.1) is 5.92 Å². The molecule has 1 aliphatic heterocycles. The molecule has 1 aromatic rings. The minimum atomic E-state index is 0.207. The molecule has 3 rings (SSSR count). The summed E-state index contributed by atoms with van der Waals surface area (Å²) < 4.78 is 5.80. The third-order valence-corrected chi connectivity index (χ3v) is 6.29. The van der Waals surface area contributed by atoms with Gasteiger partial charge in [-0.15, -0.1) is 11.3 Å². The van der Waals surface area contributed by atoms with E-state index in [1.165, 1.54) is 29.0 Å². The molecule has 0 bridgehead atoms. The molecular weight excluding hydrogens is 320 g/mol. The molecule has 1 saturated carbocycles. The summed E-state index contributed by atoms with van der Waals surface area (Å²) in [6.45, 7) is 5.56. The van der Waals surface area contributed by atoms with E-state index >= 15 is 0 Å². The number of amides is 1. The van der Waals surface area contributed by atoms with Crippen LogP contribution in [-0.4, -0.2) is 37.7 Å². The van der Waals surface area contributed by atoms with Crippen LogP contribution in [0.15, 0.2) is 17.5 Å². The van der Waals surface area contributed by atoms with Crippen molar-refractivity contribution >= 4 is 17.2 Å². The largest absolute Gasteiger partial charge is 0.372 e. The standard InChI is InChI=1S/C19H30N2O2S/c1-15-6-2-3-9-18(15)20-19(22)14-21(12-16-7-4-10-23-16)13-17-8-5-11-24-17/h5,8,11,15-16,18H,2-4,6-7,9-10,12-14H2,1H3,(H,20,22)/p+1/t15-,16-,18-/m0/s1. The van der Waals surface area contributed by atoms with E-state index in [4.69, 9.17) is 4.74 Å². The molecule has 1 aromatic heterocycles. The molecule has 4 atom stereocenters. The van der Waals surface area contributed by atoms with E-state index in [-0.39, 0.29) is 5.91 Å². The van der Waals surface area contributed by atoms with Crippen molar-refractivity contribution in [3.63, 3.8) is 0 Å².